The summed E-state index contributed by atoms with van der Waals surface area (Å²) in [7, 11) is 0. The van der Waals surface area contributed by atoms with Crippen LogP contribution in [0.25, 0.3) is 0 Å². The third-order valence-electron chi connectivity index (χ3n) is 4.03. The van der Waals surface area contributed by atoms with E-state index in [1.165, 1.54) is 0 Å². The Kier molecular flexibility index (Phi) is 7.95. The molecule has 6 heteroatoms. The Morgan fingerprint density at radius 2 is 1.41 bits per heavy atom. The maximum Gasteiger partial charge on any atom is 0.408 e. The van der Waals surface area contributed by atoms with Gasteiger partial charge in [-0.25, -0.2) is 4.79 Å². The zero-order valence-electron chi connectivity index (χ0n) is 17.0. The van der Waals surface area contributed by atoms with Gasteiger partial charge >= 0.3 is 6.09 Å². The average Bonchev–Trinajstić information content (AvgIpc) is 2.67. The first-order valence-electron chi connectivity index (χ1n) is 9.52. The SMILES string of the molecule is CC(C)(C)OC(=O)NC(Cc1ccccc1)C(=O)NC([C]=O)Cc1ccccc1. The van der Waals surface area contributed by atoms with Crippen molar-refractivity contribution in [3.63, 3.8) is 0 Å². The fraction of sp³-hybridized carbons (Fsp3) is 0.348. The molecule has 153 valence electrons. The van der Waals surface area contributed by atoms with Gasteiger partial charge in [0.25, 0.3) is 0 Å². The minimum atomic E-state index is -0.890. The summed E-state index contributed by atoms with van der Waals surface area (Å²) in [5.41, 5.74) is 1.09. The largest absolute Gasteiger partial charge is 0.444 e. The van der Waals surface area contributed by atoms with E-state index in [-0.39, 0.29) is 6.42 Å². The highest BCUT2D eigenvalue weighted by Gasteiger charge is 2.26. The second-order valence-electron chi connectivity index (χ2n) is 7.76. The van der Waals surface area contributed by atoms with Crippen molar-refractivity contribution in [2.24, 2.45) is 0 Å². The van der Waals surface area contributed by atoms with E-state index in [0.29, 0.717) is 6.42 Å². The van der Waals surface area contributed by atoms with Gasteiger partial charge in [-0.2, -0.15) is 0 Å². The fourth-order valence-corrected chi connectivity index (χ4v) is 2.75. The summed E-state index contributed by atoms with van der Waals surface area (Å²) < 4.78 is 5.28. The lowest BCUT2D eigenvalue weighted by Gasteiger charge is -2.24. The van der Waals surface area contributed by atoms with Crippen LogP contribution in [0.2, 0.25) is 0 Å². The van der Waals surface area contributed by atoms with Crippen LogP contribution >= 0.6 is 0 Å². The lowest BCUT2D eigenvalue weighted by molar-refractivity contribution is -0.123. The molecule has 0 bridgehead atoms. The first kappa shape index (κ1) is 22.1. The highest BCUT2D eigenvalue weighted by molar-refractivity contribution is 5.88. The van der Waals surface area contributed by atoms with Gasteiger partial charge in [0.1, 0.15) is 11.6 Å². The van der Waals surface area contributed by atoms with E-state index in [1.54, 1.807) is 20.8 Å². The lowest BCUT2D eigenvalue weighted by atomic mass is 10.0. The zero-order valence-corrected chi connectivity index (χ0v) is 17.0. The molecule has 6 nitrogen and oxygen atoms in total. The van der Waals surface area contributed by atoms with Crippen LogP contribution in [0.3, 0.4) is 0 Å². The van der Waals surface area contributed by atoms with Gasteiger partial charge in [0.15, 0.2) is 0 Å². The van der Waals surface area contributed by atoms with Gasteiger partial charge in [0.2, 0.25) is 12.2 Å². The summed E-state index contributed by atoms with van der Waals surface area (Å²) in [4.78, 5) is 36.5. The van der Waals surface area contributed by atoms with E-state index in [2.05, 4.69) is 10.6 Å². The maximum atomic E-state index is 12.8. The minimum Gasteiger partial charge on any atom is -0.444 e. The molecule has 2 atom stereocenters. The van der Waals surface area contributed by atoms with E-state index in [1.807, 2.05) is 66.9 Å². The number of hydrogen-bond acceptors (Lipinski definition) is 4. The van der Waals surface area contributed by atoms with Gasteiger partial charge in [0.05, 0.1) is 6.04 Å². The number of nitrogens with one attached hydrogen (secondary N) is 2. The van der Waals surface area contributed by atoms with Crippen molar-refractivity contribution in [3.05, 3.63) is 71.8 Å². The normalized spacial score (nSPS) is 13.1. The molecule has 0 fully saturated rings. The summed E-state index contributed by atoms with van der Waals surface area (Å²) in [6, 6.07) is 17.0. The lowest BCUT2D eigenvalue weighted by Crippen LogP contribution is -2.52. The molecule has 29 heavy (non-hydrogen) atoms. The summed E-state index contributed by atoms with van der Waals surface area (Å²) in [6.07, 6.45) is 1.76. The molecule has 0 saturated heterocycles. The molecule has 0 aliphatic carbocycles. The Balaban J connectivity index is 2.09. The molecule has 0 heterocycles. The van der Waals surface area contributed by atoms with Crippen LogP contribution in [0.1, 0.15) is 31.9 Å². The van der Waals surface area contributed by atoms with Crippen molar-refractivity contribution >= 4 is 18.3 Å². The molecule has 2 rings (SSSR count). The van der Waals surface area contributed by atoms with Crippen LogP contribution in [0.15, 0.2) is 60.7 Å². The Morgan fingerprint density at radius 3 is 1.90 bits per heavy atom. The molecular weight excluding hydrogens is 368 g/mol. The number of hydrogen-bond donors (Lipinski definition) is 2. The molecular formula is C23H27N2O4. The standard InChI is InChI=1S/C23H27N2O4/c1-23(2,3)29-22(28)25-20(15-18-12-8-5-9-13-18)21(27)24-19(16-26)14-17-10-6-4-7-11-17/h4-13,19-20H,14-15H2,1-3H3,(H,24,27)(H,25,28). The molecule has 0 aromatic heterocycles. The second kappa shape index (κ2) is 10.4. The minimum absolute atomic E-state index is 0.267. The monoisotopic (exact) mass is 395 g/mol. The van der Waals surface area contributed by atoms with E-state index < -0.39 is 29.7 Å². The number of benzene rings is 2. The highest BCUT2D eigenvalue weighted by Crippen LogP contribution is 2.09. The first-order valence-corrected chi connectivity index (χ1v) is 9.52. The Hall–Kier alpha value is -3.15. The van der Waals surface area contributed by atoms with E-state index >= 15 is 0 Å². The quantitative estimate of drug-likeness (QED) is 0.720. The molecule has 2 aromatic rings. The smallest absolute Gasteiger partial charge is 0.408 e. The van der Waals surface area contributed by atoms with Gasteiger partial charge in [-0.1, -0.05) is 60.7 Å². The number of carbonyl (C=O) groups excluding carboxylic acids is 3. The molecule has 0 aliphatic rings. The second-order valence-corrected chi connectivity index (χ2v) is 7.76. The van der Waals surface area contributed by atoms with Gasteiger partial charge in [-0.05, 0) is 31.9 Å². The van der Waals surface area contributed by atoms with E-state index in [4.69, 9.17) is 4.74 Å². The van der Waals surface area contributed by atoms with Gasteiger partial charge in [-0.3, -0.25) is 9.59 Å². The molecule has 1 radical (unpaired) electrons. The van der Waals surface area contributed by atoms with Crippen LogP contribution < -0.4 is 10.6 Å². The third kappa shape index (κ3) is 8.17. The number of alkyl carbamates (subject to hydrolysis) is 1. The first-order chi connectivity index (χ1) is 13.8. The fourth-order valence-electron chi connectivity index (χ4n) is 2.75. The van der Waals surface area contributed by atoms with Crippen molar-refractivity contribution in [1.82, 2.24) is 10.6 Å². The van der Waals surface area contributed by atoms with Crippen molar-refractivity contribution in [2.45, 2.75) is 51.3 Å². The summed E-state index contributed by atoms with van der Waals surface area (Å²) in [5.74, 6) is -0.469. The average molecular weight is 395 g/mol. The third-order valence-corrected chi connectivity index (χ3v) is 4.03. The maximum absolute atomic E-state index is 12.8. The van der Waals surface area contributed by atoms with Crippen LogP contribution in [0.4, 0.5) is 4.79 Å². The van der Waals surface area contributed by atoms with Crippen LogP contribution in [-0.2, 0) is 27.2 Å². The van der Waals surface area contributed by atoms with E-state index in [0.717, 1.165) is 11.1 Å². The predicted molar refractivity (Wildman–Crippen MR) is 111 cm³/mol. The van der Waals surface area contributed by atoms with Gasteiger partial charge < -0.3 is 15.4 Å². The number of amides is 2. The molecule has 0 aliphatic heterocycles. The number of rotatable bonds is 8. The Morgan fingerprint density at radius 1 is 0.897 bits per heavy atom. The summed E-state index contributed by atoms with van der Waals surface area (Å²) in [6.45, 7) is 5.24. The van der Waals surface area contributed by atoms with Crippen molar-refractivity contribution in [3.8, 4) is 0 Å². The van der Waals surface area contributed by atoms with Gasteiger partial charge in [-0.15, -0.1) is 0 Å². The molecule has 0 spiro atoms. The molecule has 2 amide bonds. The summed E-state index contributed by atoms with van der Waals surface area (Å²) >= 11 is 0. The van der Waals surface area contributed by atoms with Crippen molar-refractivity contribution < 1.29 is 19.1 Å². The van der Waals surface area contributed by atoms with Crippen LogP contribution in [-0.4, -0.2) is 36.0 Å². The van der Waals surface area contributed by atoms with Crippen LogP contribution in [0.5, 0.6) is 0 Å². The molecule has 2 unspecified atom stereocenters. The van der Waals surface area contributed by atoms with Crippen molar-refractivity contribution in [1.29, 1.82) is 0 Å². The Labute approximate surface area is 171 Å². The van der Waals surface area contributed by atoms with Crippen molar-refractivity contribution in [2.75, 3.05) is 0 Å². The molecule has 2 aromatic carbocycles. The predicted octanol–water partition coefficient (Wildman–Crippen LogP) is 2.96. The van der Waals surface area contributed by atoms with Gasteiger partial charge in [0, 0.05) is 12.8 Å². The van der Waals surface area contributed by atoms with E-state index in [9.17, 15) is 14.4 Å². The van der Waals surface area contributed by atoms with Crippen LogP contribution in [0, 0.1) is 0 Å². The number of carbonyl (C=O) groups is 2. The molecule has 2 N–H and O–H groups in total. The highest BCUT2D eigenvalue weighted by atomic mass is 16.6. The Bertz CT molecular complexity index is 801. The topological polar surface area (TPSA) is 84.5 Å². The number of ether oxygens (including phenoxy) is 1. The molecule has 0 saturated carbocycles. The zero-order chi connectivity index (χ0) is 21.3. The summed E-state index contributed by atoms with van der Waals surface area (Å²) in [5, 5.41) is 5.28.